The summed E-state index contributed by atoms with van der Waals surface area (Å²) >= 11 is 0. The van der Waals surface area contributed by atoms with Crippen molar-refractivity contribution in [3.05, 3.63) is 30.1 Å². The lowest BCUT2D eigenvalue weighted by atomic mass is 9.90. The van der Waals surface area contributed by atoms with Crippen LogP contribution in [0, 0.1) is 5.92 Å². The molecule has 0 N–H and O–H groups in total. The van der Waals surface area contributed by atoms with Crippen molar-refractivity contribution in [1.29, 1.82) is 0 Å². The van der Waals surface area contributed by atoms with E-state index in [1.807, 2.05) is 18.2 Å². The standard InChI is InChI=1S/C12H15NO3/c1-15-12(14)10(6-9-7-16-8-9)11-4-2-3-5-13-11/h2-5,9-10H,6-8H2,1H3. The van der Waals surface area contributed by atoms with E-state index in [0.29, 0.717) is 5.92 Å². The molecule has 2 rings (SSSR count). The lowest BCUT2D eigenvalue weighted by Crippen LogP contribution is -2.31. The molecule has 1 aromatic rings. The molecule has 4 heteroatoms. The second-order valence-corrected chi connectivity index (χ2v) is 3.97. The first kappa shape index (κ1) is 11.1. The molecule has 4 nitrogen and oxygen atoms in total. The molecule has 0 aliphatic carbocycles. The third-order valence-corrected chi connectivity index (χ3v) is 2.81. The Labute approximate surface area is 94.6 Å². The fourth-order valence-corrected chi connectivity index (χ4v) is 1.82. The van der Waals surface area contributed by atoms with Gasteiger partial charge in [0.05, 0.1) is 31.9 Å². The van der Waals surface area contributed by atoms with Gasteiger partial charge in [-0.15, -0.1) is 0 Å². The summed E-state index contributed by atoms with van der Waals surface area (Å²) in [6.45, 7) is 1.47. The molecule has 16 heavy (non-hydrogen) atoms. The minimum absolute atomic E-state index is 0.217. The molecule has 0 spiro atoms. The Kier molecular flexibility index (Phi) is 3.51. The molecule has 1 saturated heterocycles. The van der Waals surface area contributed by atoms with Crippen molar-refractivity contribution in [3.63, 3.8) is 0 Å². The van der Waals surface area contributed by atoms with Crippen molar-refractivity contribution in [1.82, 2.24) is 4.98 Å². The molecular weight excluding hydrogens is 206 g/mol. The van der Waals surface area contributed by atoms with Crippen LogP contribution in [-0.4, -0.2) is 31.3 Å². The van der Waals surface area contributed by atoms with E-state index in [9.17, 15) is 4.79 Å². The van der Waals surface area contributed by atoms with Gasteiger partial charge in [-0.05, 0) is 18.6 Å². The fraction of sp³-hybridized carbons (Fsp3) is 0.500. The Morgan fingerprint density at radius 1 is 1.62 bits per heavy atom. The first-order valence-corrected chi connectivity index (χ1v) is 5.37. The van der Waals surface area contributed by atoms with Crippen LogP contribution in [0.5, 0.6) is 0 Å². The molecule has 0 radical (unpaired) electrons. The molecule has 1 atom stereocenters. The Balaban J connectivity index is 2.10. The number of hydrogen-bond donors (Lipinski definition) is 0. The summed E-state index contributed by atoms with van der Waals surface area (Å²) in [5.74, 6) is -0.0307. The molecule has 0 saturated carbocycles. The number of ether oxygens (including phenoxy) is 2. The Hall–Kier alpha value is -1.42. The average molecular weight is 221 g/mol. The maximum absolute atomic E-state index is 11.7. The first-order chi connectivity index (χ1) is 7.81. The second-order valence-electron chi connectivity index (χ2n) is 3.97. The van der Waals surface area contributed by atoms with E-state index >= 15 is 0 Å². The largest absolute Gasteiger partial charge is 0.469 e. The van der Waals surface area contributed by atoms with Crippen LogP contribution < -0.4 is 0 Å². The molecule has 1 unspecified atom stereocenters. The number of aromatic nitrogens is 1. The van der Waals surface area contributed by atoms with Crippen molar-refractivity contribution in [2.75, 3.05) is 20.3 Å². The third-order valence-electron chi connectivity index (χ3n) is 2.81. The summed E-state index contributed by atoms with van der Waals surface area (Å²) in [5, 5.41) is 0. The minimum Gasteiger partial charge on any atom is -0.469 e. The quantitative estimate of drug-likeness (QED) is 0.720. The van der Waals surface area contributed by atoms with Crippen LogP contribution in [0.15, 0.2) is 24.4 Å². The predicted octanol–water partition coefficient (Wildman–Crippen LogP) is 1.37. The number of nitrogens with zero attached hydrogens (tertiary/aromatic N) is 1. The number of rotatable bonds is 4. The van der Waals surface area contributed by atoms with Gasteiger partial charge in [-0.1, -0.05) is 6.07 Å². The SMILES string of the molecule is COC(=O)C(CC1COC1)c1ccccn1. The number of methoxy groups -OCH3 is 1. The zero-order valence-corrected chi connectivity index (χ0v) is 9.26. The topological polar surface area (TPSA) is 48.4 Å². The van der Waals surface area contributed by atoms with Gasteiger partial charge >= 0.3 is 5.97 Å². The summed E-state index contributed by atoms with van der Waals surface area (Å²) in [4.78, 5) is 15.9. The van der Waals surface area contributed by atoms with Crippen molar-refractivity contribution in [3.8, 4) is 0 Å². The van der Waals surface area contributed by atoms with Gasteiger partial charge < -0.3 is 9.47 Å². The van der Waals surface area contributed by atoms with E-state index < -0.39 is 0 Å². The smallest absolute Gasteiger partial charge is 0.314 e. The number of hydrogen-bond acceptors (Lipinski definition) is 4. The van der Waals surface area contributed by atoms with E-state index in [0.717, 1.165) is 25.3 Å². The van der Waals surface area contributed by atoms with Crippen molar-refractivity contribution < 1.29 is 14.3 Å². The van der Waals surface area contributed by atoms with Gasteiger partial charge in [0.2, 0.25) is 0 Å². The Morgan fingerprint density at radius 2 is 2.44 bits per heavy atom. The average Bonchev–Trinajstić information content (AvgIpc) is 2.28. The van der Waals surface area contributed by atoms with E-state index in [2.05, 4.69) is 4.98 Å². The van der Waals surface area contributed by atoms with Crippen molar-refractivity contribution >= 4 is 5.97 Å². The van der Waals surface area contributed by atoms with E-state index in [1.165, 1.54) is 7.11 Å². The maximum Gasteiger partial charge on any atom is 0.314 e. The normalized spacial score (nSPS) is 17.6. The van der Waals surface area contributed by atoms with E-state index in [-0.39, 0.29) is 11.9 Å². The molecule has 2 heterocycles. The monoisotopic (exact) mass is 221 g/mol. The molecule has 0 aromatic carbocycles. The molecule has 86 valence electrons. The molecule has 0 amide bonds. The van der Waals surface area contributed by atoms with Crippen LogP contribution in [0.2, 0.25) is 0 Å². The Bertz CT molecular complexity index is 349. The summed E-state index contributed by atoms with van der Waals surface area (Å²) in [6.07, 6.45) is 2.45. The van der Waals surface area contributed by atoms with Crippen LogP contribution >= 0.6 is 0 Å². The van der Waals surface area contributed by atoms with Crippen LogP contribution in [0.3, 0.4) is 0 Å². The molecule has 1 aromatic heterocycles. The summed E-state index contributed by atoms with van der Waals surface area (Å²) in [7, 11) is 1.41. The summed E-state index contributed by atoms with van der Waals surface area (Å²) < 4.78 is 9.93. The molecule has 1 aliphatic rings. The highest BCUT2D eigenvalue weighted by molar-refractivity contribution is 5.77. The Morgan fingerprint density at radius 3 is 2.94 bits per heavy atom. The van der Waals surface area contributed by atoms with Gasteiger partial charge in [0.25, 0.3) is 0 Å². The first-order valence-electron chi connectivity index (χ1n) is 5.37. The molecule has 0 bridgehead atoms. The second kappa shape index (κ2) is 5.07. The van der Waals surface area contributed by atoms with Gasteiger partial charge in [-0.3, -0.25) is 9.78 Å². The highest BCUT2D eigenvalue weighted by Crippen LogP contribution is 2.27. The van der Waals surface area contributed by atoms with Crippen LogP contribution in [0.25, 0.3) is 0 Å². The molecule has 1 aliphatic heterocycles. The zero-order chi connectivity index (χ0) is 11.4. The predicted molar refractivity (Wildman–Crippen MR) is 57.9 cm³/mol. The summed E-state index contributed by atoms with van der Waals surface area (Å²) in [5.41, 5.74) is 0.779. The highest BCUT2D eigenvalue weighted by atomic mass is 16.5. The molecular formula is C12H15NO3. The van der Waals surface area contributed by atoms with E-state index in [4.69, 9.17) is 9.47 Å². The fourth-order valence-electron chi connectivity index (χ4n) is 1.82. The van der Waals surface area contributed by atoms with Crippen molar-refractivity contribution in [2.24, 2.45) is 5.92 Å². The van der Waals surface area contributed by atoms with Crippen LogP contribution in [0.1, 0.15) is 18.0 Å². The number of carbonyl (C=O) groups is 1. The zero-order valence-electron chi connectivity index (χ0n) is 9.26. The van der Waals surface area contributed by atoms with Gasteiger partial charge in [-0.25, -0.2) is 0 Å². The maximum atomic E-state index is 11.7. The van der Waals surface area contributed by atoms with Crippen LogP contribution in [0.4, 0.5) is 0 Å². The molecule has 1 fully saturated rings. The highest BCUT2D eigenvalue weighted by Gasteiger charge is 2.29. The number of carbonyl (C=O) groups excluding carboxylic acids is 1. The lowest BCUT2D eigenvalue weighted by Gasteiger charge is -2.28. The third kappa shape index (κ3) is 2.39. The van der Waals surface area contributed by atoms with Gasteiger partial charge in [0.15, 0.2) is 0 Å². The van der Waals surface area contributed by atoms with Crippen LogP contribution in [-0.2, 0) is 14.3 Å². The van der Waals surface area contributed by atoms with Gasteiger partial charge in [-0.2, -0.15) is 0 Å². The number of pyridine rings is 1. The van der Waals surface area contributed by atoms with Crippen molar-refractivity contribution in [2.45, 2.75) is 12.3 Å². The minimum atomic E-state index is -0.264. The van der Waals surface area contributed by atoms with E-state index in [1.54, 1.807) is 6.20 Å². The lowest BCUT2D eigenvalue weighted by molar-refractivity contribution is -0.144. The number of esters is 1. The van der Waals surface area contributed by atoms with Gasteiger partial charge in [0.1, 0.15) is 0 Å². The summed E-state index contributed by atoms with van der Waals surface area (Å²) in [6, 6.07) is 5.58. The van der Waals surface area contributed by atoms with Gasteiger partial charge in [0, 0.05) is 12.1 Å².